The summed E-state index contributed by atoms with van der Waals surface area (Å²) in [6.45, 7) is 2.09. The Morgan fingerprint density at radius 3 is 2.73 bits per heavy atom. The van der Waals surface area contributed by atoms with E-state index in [-0.39, 0.29) is 18.3 Å². The minimum Gasteiger partial charge on any atom is -0.481 e. The van der Waals surface area contributed by atoms with Crippen LogP contribution in [0.25, 0.3) is 0 Å². The molecule has 3 rings (SSSR count). The summed E-state index contributed by atoms with van der Waals surface area (Å²) in [4.78, 5) is 12.2. The van der Waals surface area contributed by atoms with Crippen LogP contribution in [0.15, 0.2) is 59.1 Å². The second-order valence-corrected chi connectivity index (χ2v) is 6.64. The molecule has 5 nitrogen and oxygen atoms in total. The molecule has 0 bridgehead atoms. The zero-order valence-electron chi connectivity index (χ0n) is 14.1. The fourth-order valence-electron chi connectivity index (χ4n) is 2.44. The number of benzene rings is 2. The topological polar surface area (TPSA) is 56.1 Å². The van der Waals surface area contributed by atoms with Gasteiger partial charge in [0, 0.05) is 10.5 Å². The highest BCUT2D eigenvalue weighted by atomic mass is 79.9. The van der Waals surface area contributed by atoms with E-state index in [2.05, 4.69) is 26.3 Å². The number of nitrogens with one attached hydrogen (secondary N) is 1. The SMILES string of the molecule is Cc1cc(NC(=O)COc2ccc(Br)cc2F)n(Cc2ccccc2)n1. The summed E-state index contributed by atoms with van der Waals surface area (Å²) < 4.78 is 21.3. The Hall–Kier alpha value is -2.67. The number of amides is 1. The number of hydrogen-bond acceptors (Lipinski definition) is 3. The van der Waals surface area contributed by atoms with Crippen molar-refractivity contribution in [3.8, 4) is 5.75 Å². The maximum Gasteiger partial charge on any atom is 0.263 e. The highest BCUT2D eigenvalue weighted by molar-refractivity contribution is 9.10. The van der Waals surface area contributed by atoms with E-state index in [9.17, 15) is 9.18 Å². The number of nitrogens with zero attached hydrogens (tertiary/aromatic N) is 2. The molecule has 0 atom stereocenters. The lowest BCUT2D eigenvalue weighted by molar-refractivity contribution is -0.118. The van der Waals surface area contributed by atoms with E-state index in [1.54, 1.807) is 16.8 Å². The second kappa shape index (κ2) is 8.14. The molecule has 26 heavy (non-hydrogen) atoms. The first-order chi connectivity index (χ1) is 12.5. The van der Waals surface area contributed by atoms with Gasteiger partial charge in [0.15, 0.2) is 18.2 Å². The van der Waals surface area contributed by atoms with E-state index in [1.807, 2.05) is 37.3 Å². The van der Waals surface area contributed by atoms with Crippen molar-refractivity contribution in [2.75, 3.05) is 11.9 Å². The van der Waals surface area contributed by atoms with Gasteiger partial charge < -0.3 is 10.1 Å². The summed E-state index contributed by atoms with van der Waals surface area (Å²) >= 11 is 3.17. The first-order valence-corrected chi connectivity index (χ1v) is 8.76. The number of anilines is 1. The summed E-state index contributed by atoms with van der Waals surface area (Å²) in [5, 5.41) is 7.15. The van der Waals surface area contributed by atoms with Gasteiger partial charge >= 0.3 is 0 Å². The number of aromatic nitrogens is 2. The molecule has 1 N–H and O–H groups in total. The van der Waals surface area contributed by atoms with Crippen molar-refractivity contribution in [2.45, 2.75) is 13.5 Å². The molecule has 1 amide bonds. The smallest absolute Gasteiger partial charge is 0.263 e. The quantitative estimate of drug-likeness (QED) is 0.654. The Bertz CT molecular complexity index is 912. The molecule has 134 valence electrons. The molecular formula is C19H17BrFN3O2. The Labute approximate surface area is 158 Å². The number of halogens is 2. The van der Waals surface area contributed by atoms with Gasteiger partial charge in [0.2, 0.25) is 0 Å². The van der Waals surface area contributed by atoms with Gasteiger partial charge in [-0.15, -0.1) is 0 Å². The summed E-state index contributed by atoms with van der Waals surface area (Å²) in [7, 11) is 0. The van der Waals surface area contributed by atoms with Crippen molar-refractivity contribution in [1.29, 1.82) is 0 Å². The van der Waals surface area contributed by atoms with Crippen molar-refractivity contribution in [3.05, 3.63) is 76.1 Å². The van der Waals surface area contributed by atoms with E-state index in [0.717, 1.165) is 11.3 Å². The normalized spacial score (nSPS) is 10.6. The van der Waals surface area contributed by atoms with Gasteiger partial charge in [-0.2, -0.15) is 5.10 Å². The molecule has 0 unspecified atom stereocenters. The lowest BCUT2D eigenvalue weighted by Crippen LogP contribution is -2.22. The second-order valence-electron chi connectivity index (χ2n) is 5.73. The molecule has 1 heterocycles. The number of ether oxygens (including phenoxy) is 1. The van der Waals surface area contributed by atoms with Crippen molar-refractivity contribution in [2.24, 2.45) is 0 Å². The fourth-order valence-corrected chi connectivity index (χ4v) is 2.77. The molecule has 0 saturated carbocycles. The number of carbonyl (C=O) groups is 1. The molecule has 0 aliphatic carbocycles. The molecule has 0 aliphatic rings. The van der Waals surface area contributed by atoms with Gasteiger partial charge in [0.1, 0.15) is 5.82 Å². The van der Waals surface area contributed by atoms with Gasteiger partial charge in [0.05, 0.1) is 12.2 Å². The molecule has 0 radical (unpaired) electrons. The minimum atomic E-state index is -0.530. The van der Waals surface area contributed by atoms with Gasteiger partial charge in [-0.3, -0.25) is 4.79 Å². The van der Waals surface area contributed by atoms with Gasteiger partial charge in [-0.05, 0) is 30.7 Å². The van der Waals surface area contributed by atoms with Crippen LogP contribution >= 0.6 is 15.9 Å². The van der Waals surface area contributed by atoms with E-state index >= 15 is 0 Å². The monoisotopic (exact) mass is 417 g/mol. The van der Waals surface area contributed by atoms with Crippen LogP contribution in [-0.4, -0.2) is 22.3 Å². The van der Waals surface area contributed by atoms with Crippen LogP contribution in [0.3, 0.4) is 0 Å². The molecule has 7 heteroatoms. The average molecular weight is 418 g/mol. The summed E-state index contributed by atoms with van der Waals surface area (Å²) in [5.41, 5.74) is 1.86. The number of aryl methyl sites for hydroxylation is 1. The number of carbonyl (C=O) groups excluding carboxylic acids is 1. The van der Waals surface area contributed by atoms with E-state index in [4.69, 9.17) is 4.74 Å². The number of rotatable bonds is 6. The zero-order chi connectivity index (χ0) is 18.5. The highest BCUT2D eigenvalue weighted by Gasteiger charge is 2.12. The van der Waals surface area contributed by atoms with Crippen LogP contribution in [0.5, 0.6) is 5.75 Å². The Morgan fingerprint density at radius 2 is 2.00 bits per heavy atom. The Kier molecular flexibility index (Phi) is 5.68. The van der Waals surface area contributed by atoms with Crippen LogP contribution in [0, 0.1) is 12.7 Å². The molecule has 0 fully saturated rings. The minimum absolute atomic E-state index is 0.0253. The lowest BCUT2D eigenvalue weighted by Gasteiger charge is -2.10. The molecule has 0 saturated heterocycles. The van der Waals surface area contributed by atoms with Crippen LogP contribution in [0.1, 0.15) is 11.3 Å². The Morgan fingerprint density at radius 1 is 1.23 bits per heavy atom. The number of hydrogen-bond donors (Lipinski definition) is 1. The predicted octanol–water partition coefficient (Wildman–Crippen LogP) is 4.16. The Balaban J connectivity index is 1.64. The van der Waals surface area contributed by atoms with E-state index in [1.165, 1.54) is 12.1 Å². The lowest BCUT2D eigenvalue weighted by atomic mass is 10.2. The third kappa shape index (κ3) is 4.70. The van der Waals surface area contributed by atoms with Crippen LogP contribution in [-0.2, 0) is 11.3 Å². The average Bonchev–Trinajstić information content (AvgIpc) is 2.94. The summed E-state index contributed by atoms with van der Waals surface area (Å²) in [5.74, 6) is -0.327. The maximum atomic E-state index is 13.7. The maximum absolute atomic E-state index is 13.7. The third-order valence-corrected chi connectivity index (χ3v) is 4.09. The molecular weight excluding hydrogens is 401 g/mol. The summed E-state index contributed by atoms with van der Waals surface area (Å²) in [6.07, 6.45) is 0. The molecule has 0 spiro atoms. The van der Waals surface area contributed by atoms with Crippen molar-refractivity contribution < 1.29 is 13.9 Å². The van der Waals surface area contributed by atoms with Gasteiger partial charge in [0.25, 0.3) is 5.91 Å². The first kappa shape index (κ1) is 18.1. The van der Waals surface area contributed by atoms with Gasteiger partial charge in [-0.25, -0.2) is 9.07 Å². The van der Waals surface area contributed by atoms with Crippen LogP contribution < -0.4 is 10.1 Å². The van der Waals surface area contributed by atoms with Gasteiger partial charge in [-0.1, -0.05) is 46.3 Å². The van der Waals surface area contributed by atoms with Crippen molar-refractivity contribution in [3.63, 3.8) is 0 Å². The fraction of sp³-hybridized carbons (Fsp3) is 0.158. The van der Waals surface area contributed by atoms with Crippen LogP contribution in [0.2, 0.25) is 0 Å². The van der Waals surface area contributed by atoms with Crippen molar-refractivity contribution >= 4 is 27.7 Å². The van der Waals surface area contributed by atoms with Crippen LogP contribution in [0.4, 0.5) is 10.2 Å². The highest BCUT2D eigenvalue weighted by Crippen LogP contribution is 2.21. The largest absolute Gasteiger partial charge is 0.481 e. The predicted molar refractivity (Wildman–Crippen MR) is 101 cm³/mol. The molecule has 2 aromatic carbocycles. The van der Waals surface area contributed by atoms with Crippen molar-refractivity contribution in [1.82, 2.24) is 9.78 Å². The third-order valence-electron chi connectivity index (χ3n) is 3.60. The first-order valence-electron chi connectivity index (χ1n) is 7.97. The standard InChI is InChI=1S/C19H17BrFN3O2/c1-13-9-18(24(23-13)11-14-5-3-2-4-6-14)22-19(25)12-26-17-8-7-15(20)10-16(17)21/h2-10H,11-12H2,1H3,(H,22,25). The summed E-state index contributed by atoms with van der Waals surface area (Å²) in [6, 6.07) is 16.0. The molecule has 1 aromatic heterocycles. The van der Waals surface area contributed by atoms with E-state index in [0.29, 0.717) is 16.8 Å². The zero-order valence-corrected chi connectivity index (χ0v) is 15.7. The van der Waals surface area contributed by atoms with E-state index < -0.39 is 5.82 Å². The molecule has 0 aliphatic heterocycles. The molecule has 3 aromatic rings.